The van der Waals surface area contributed by atoms with Crippen LogP contribution in [0.4, 0.5) is 0 Å². The van der Waals surface area contributed by atoms with Crippen LogP contribution in [-0.4, -0.2) is 181 Å². The van der Waals surface area contributed by atoms with E-state index in [2.05, 4.69) is 49.5 Å². The van der Waals surface area contributed by atoms with E-state index in [1.807, 2.05) is 0 Å². The summed E-state index contributed by atoms with van der Waals surface area (Å²) in [6, 6.07) is -6.89. The van der Waals surface area contributed by atoms with Crippen molar-refractivity contribution in [1.82, 2.24) is 41.7 Å². The minimum absolute atomic E-state index is 0.00549. The summed E-state index contributed by atoms with van der Waals surface area (Å²) in [4.78, 5) is 153. The molecule has 0 aliphatic carbocycles. The number of carbonyl (C=O) groups excluding carboxylic acids is 8. The van der Waals surface area contributed by atoms with Crippen LogP contribution in [0.3, 0.4) is 0 Å². The molecule has 1 aromatic rings. The van der Waals surface area contributed by atoms with Crippen molar-refractivity contribution >= 4 is 83.8 Å². The monoisotopic (exact) mass is 1080 g/mol. The zero-order valence-electron chi connectivity index (χ0n) is 42.4. The summed E-state index contributed by atoms with van der Waals surface area (Å²) in [5.41, 5.74) is 17.1. The molecule has 0 aromatic heterocycles. The fraction of sp³-hybridized carbons (Fsp3) is 0.617. The van der Waals surface area contributed by atoms with Crippen LogP contribution in [0.5, 0.6) is 5.75 Å². The van der Waals surface area contributed by atoms with E-state index in [0.29, 0.717) is 18.4 Å². The molecule has 10 atom stereocenters. The van der Waals surface area contributed by atoms with Gasteiger partial charge in [-0.2, -0.15) is 12.6 Å². The number of benzene rings is 1. The SMILES string of the molecule is CC[C@H](C)[C@H](NC(=O)[C@H](CC(=O)O)NC(=O)[C@@H]1CCCN1C(=O)[C@H](Cc1ccc(O)cc1)NC(=O)[C@@H](NC(=O)[C@@H]1CCCN1C(=O)[C@H](CCCN=C(N)N)NC(=O)[C@H](CC(=O)O)NC(=O)[C@@H](N)CS)C(C)C)C(=O)O. The lowest BCUT2D eigenvalue weighted by atomic mass is 9.98. The Morgan fingerprint density at radius 1 is 0.680 bits per heavy atom. The van der Waals surface area contributed by atoms with Crippen LogP contribution < -0.4 is 49.1 Å². The zero-order chi connectivity index (χ0) is 56.3. The highest BCUT2D eigenvalue weighted by Gasteiger charge is 2.43. The summed E-state index contributed by atoms with van der Waals surface area (Å²) < 4.78 is 0. The number of thiol groups is 1. The van der Waals surface area contributed by atoms with Crippen LogP contribution in [0.2, 0.25) is 0 Å². The fourth-order valence-electron chi connectivity index (χ4n) is 8.49. The maximum Gasteiger partial charge on any atom is 0.326 e. The van der Waals surface area contributed by atoms with Crippen LogP contribution in [0, 0.1) is 11.8 Å². The Morgan fingerprint density at radius 3 is 1.67 bits per heavy atom. The molecule has 75 heavy (non-hydrogen) atoms. The number of nitrogens with zero attached hydrogens (tertiary/aromatic N) is 3. The number of phenols is 1. The average Bonchev–Trinajstić information content (AvgIpc) is 4.06. The van der Waals surface area contributed by atoms with Gasteiger partial charge in [0.05, 0.1) is 18.9 Å². The second kappa shape index (κ2) is 29.6. The van der Waals surface area contributed by atoms with E-state index in [1.54, 1.807) is 27.7 Å². The Hall–Kier alpha value is -7.23. The van der Waals surface area contributed by atoms with Gasteiger partial charge in [0.25, 0.3) is 0 Å². The number of aliphatic carboxylic acids is 3. The Kier molecular flexibility index (Phi) is 24.5. The molecule has 0 radical (unpaired) electrons. The molecule has 0 saturated carbocycles. The maximum absolute atomic E-state index is 14.6. The largest absolute Gasteiger partial charge is 0.508 e. The molecule has 2 aliphatic heterocycles. The van der Waals surface area contributed by atoms with Gasteiger partial charge in [-0.25, -0.2) is 4.79 Å². The molecule has 2 fully saturated rings. The van der Waals surface area contributed by atoms with Gasteiger partial charge >= 0.3 is 17.9 Å². The normalized spacial score (nSPS) is 18.4. The van der Waals surface area contributed by atoms with Gasteiger partial charge in [-0.15, -0.1) is 0 Å². The lowest BCUT2D eigenvalue weighted by Crippen LogP contribution is -2.61. The number of carbonyl (C=O) groups is 11. The molecule has 0 bridgehead atoms. The number of phenolic OH excluding ortho intramolecular Hbond substituents is 1. The van der Waals surface area contributed by atoms with Gasteiger partial charge in [0, 0.05) is 31.8 Å². The Morgan fingerprint density at radius 2 is 1.17 bits per heavy atom. The van der Waals surface area contributed by atoms with Crippen LogP contribution >= 0.6 is 12.6 Å². The Bertz CT molecular complexity index is 2270. The summed E-state index contributed by atoms with van der Waals surface area (Å²) in [5.74, 6) is -13.0. The Balaban J connectivity index is 1.90. The van der Waals surface area contributed by atoms with E-state index >= 15 is 0 Å². The van der Waals surface area contributed by atoms with Crippen molar-refractivity contribution in [1.29, 1.82) is 0 Å². The molecule has 28 heteroatoms. The molecule has 27 nitrogen and oxygen atoms in total. The van der Waals surface area contributed by atoms with Crippen molar-refractivity contribution in [3.05, 3.63) is 29.8 Å². The van der Waals surface area contributed by atoms with E-state index < -0.39 is 144 Å². The number of hydrogen-bond acceptors (Lipinski definition) is 15. The smallest absolute Gasteiger partial charge is 0.326 e. The average molecular weight is 1080 g/mol. The van der Waals surface area contributed by atoms with Crippen LogP contribution in [-0.2, 0) is 59.2 Å². The number of carboxylic acid groups (broad SMARTS) is 3. The molecular formula is C47H72N12O15S. The van der Waals surface area contributed by atoms with Gasteiger partial charge in [0.1, 0.15) is 54.1 Å². The predicted molar refractivity (Wildman–Crippen MR) is 271 cm³/mol. The summed E-state index contributed by atoms with van der Waals surface area (Å²) in [5, 5.41) is 53.7. The molecular weight excluding hydrogens is 1000 g/mol. The molecule has 0 unspecified atom stereocenters. The topological polar surface area (TPSA) is 438 Å². The Labute approximate surface area is 438 Å². The van der Waals surface area contributed by atoms with Crippen LogP contribution in [0.25, 0.3) is 0 Å². The lowest BCUT2D eigenvalue weighted by molar-refractivity contribution is -0.146. The second-order valence-corrected chi connectivity index (χ2v) is 19.2. The summed E-state index contributed by atoms with van der Waals surface area (Å²) in [6.07, 6.45) is -0.836. The first-order valence-electron chi connectivity index (χ1n) is 24.6. The zero-order valence-corrected chi connectivity index (χ0v) is 43.3. The first-order valence-corrected chi connectivity index (χ1v) is 25.2. The molecule has 416 valence electrons. The number of nitrogens with one attached hydrogen (secondary N) is 6. The number of likely N-dealkylation sites (tertiary alicyclic amines) is 2. The molecule has 8 amide bonds. The standard InChI is InChI=1S/C47H72N12O15S/c1-5-24(4)37(46(73)74)57-40(67)30(21-35(63)64)54-41(68)32-10-7-18-59(32)45(72)31(19-25-12-14-26(60)15-13-25)55-43(70)36(23(2)3)56-42(69)33-11-8-17-58(33)44(71)28(9-6-16-51-47(49)50)52-39(66)29(20-34(61)62)53-38(65)27(48)22-75/h12-15,23-24,27-33,36-37,60,75H,5-11,16-22,48H2,1-4H3,(H,52,66)(H,53,65)(H,54,68)(H,55,70)(H,56,69)(H,57,67)(H,61,62)(H,63,64)(H,73,74)(H4,49,50,51)/t24-,27-,28-,29-,30-,31-,32-,33-,36-,37-/m0/s1. The van der Waals surface area contributed by atoms with Gasteiger partial charge in [-0.3, -0.25) is 52.9 Å². The van der Waals surface area contributed by atoms with Gasteiger partial charge in [0.2, 0.25) is 47.3 Å². The van der Waals surface area contributed by atoms with Gasteiger partial charge in [-0.05, 0) is 68.1 Å². The van der Waals surface area contributed by atoms with Crippen molar-refractivity contribution in [3.63, 3.8) is 0 Å². The van der Waals surface area contributed by atoms with Crippen LogP contribution in [0.15, 0.2) is 29.3 Å². The first-order chi connectivity index (χ1) is 35.3. The molecule has 1 aromatic carbocycles. The number of carboxylic acids is 3. The molecule has 2 heterocycles. The highest BCUT2D eigenvalue weighted by molar-refractivity contribution is 7.80. The summed E-state index contributed by atoms with van der Waals surface area (Å²) >= 11 is 3.96. The van der Waals surface area contributed by atoms with E-state index in [-0.39, 0.29) is 75.6 Å². The number of rotatable bonds is 29. The van der Waals surface area contributed by atoms with E-state index in [1.165, 1.54) is 34.1 Å². The second-order valence-electron chi connectivity index (χ2n) is 18.9. The van der Waals surface area contributed by atoms with Crippen molar-refractivity contribution in [2.75, 3.05) is 25.4 Å². The number of aliphatic imine (C=N–C) groups is 1. The van der Waals surface area contributed by atoms with Crippen molar-refractivity contribution in [3.8, 4) is 5.75 Å². The van der Waals surface area contributed by atoms with Crippen LogP contribution in [0.1, 0.15) is 91.0 Å². The van der Waals surface area contributed by atoms with Gasteiger partial charge < -0.3 is 79.3 Å². The first kappa shape index (κ1) is 62.1. The predicted octanol–water partition coefficient (Wildman–Crippen LogP) is -3.13. The highest BCUT2D eigenvalue weighted by Crippen LogP contribution is 2.23. The number of guanidine groups is 1. The number of amides is 8. The molecule has 2 aliphatic rings. The van der Waals surface area contributed by atoms with Gasteiger partial charge in [-0.1, -0.05) is 46.2 Å². The molecule has 0 spiro atoms. The number of aromatic hydroxyl groups is 1. The highest BCUT2D eigenvalue weighted by atomic mass is 32.1. The van der Waals surface area contributed by atoms with Crippen molar-refractivity contribution in [2.24, 2.45) is 34.0 Å². The lowest BCUT2D eigenvalue weighted by Gasteiger charge is -2.32. The minimum atomic E-state index is -1.73. The van der Waals surface area contributed by atoms with Crippen molar-refractivity contribution < 1.29 is 73.2 Å². The number of hydrogen-bond donors (Lipinski definition) is 14. The quantitative estimate of drug-likeness (QED) is 0.0163. The maximum atomic E-state index is 14.6. The molecule has 3 rings (SSSR count). The van der Waals surface area contributed by atoms with E-state index in [0.717, 1.165) is 0 Å². The van der Waals surface area contributed by atoms with Crippen molar-refractivity contribution in [2.45, 2.75) is 146 Å². The fourth-order valence-corrected chi connectivity index (χ4v) is 8.65. The van der Waals surface area contributed by atoms with E-state index in [9.17, 15) is 73.2 Å². The third-order valence-electron chi connectivity index (χ3n) is 12.8. The molecule has 2 saturated heterocycles. The number of nitrogens with two attached hydrogens (primary N) is 3. The minimum Gasteiger partial charge on any atom is -0.508 e. The molecule has 16 N–H and O–H groups in total. The van der Waals surface area contributed by atoms with Gasteiger partial charge in [0.15, 0.2) is 5.96 Å². The third-order valence-corrected chi connectivity index (χ3v) is 13.2. The van der Waals surface area contributed by atoms with E-state index in [4.69, 9.17) is 17.2 Å². The third kappa shape index (κ3) is 18.9. The summed E-state index contributed by atoms with van der Waals surface area (Å²) in [7, 11) is 0. The summed E-state index contributed by atoms with van der Waals surface area (Å²) in [6.45, 7) is 6.54.